The molecule has 0 radical (unpaired) electrons. The average molecular weight is 944 g/mol. The van der Waals surface area contributed by atoms with E-state index in [9.17, 15) is 0 Å². The van der Waals surface area contributed by atoms with Gasteiger partial charge in [-0.2, -0.15) is 0 Å². The van der Waals surface area contributed by atoms with E-state index in [1.807, 2.05) is 96.4 Å². The lowest BCUT2D eigenvalue weighted by molar-refractivity contribution is 1.17. The largest absolute Gasteiger partial charge is 0.308 e. The second-order valence-corrected chi connectivity index (χ2v) is 20.1. The van der Waals surface area contributed by atoms with E-state index in [2.05, 4.69) is 146 Å². The zero-order valence-corrected chi connectivity index (χ0v) is 39.0. The van der Waals surface area contributed by atoms with Crippen molar-refractivity contribution in [2.75, 3.05) is 0 Å². The molecule has 0 N–H and O–H groups in total. The van der Waals surface area contributed by atoms with Crippen LogP contribution >= 0.6 is 22.7 Å². The van der Waals surface area contributed by atoms with Crippen LogP contribution < -0.4 is 0 Å². The quantitative estimate of drug-likeness (QED) is 0.171. The van der Waals surface area contributed by atoms with Gasteiger partial charge >= 0.3 is 0 Å². The fraction of sp³-hybridized carbons (Fsp3) is 0. The summed E-state index contributed by atoms with van der Waals surface area (Å²) in [5, 5.41) is 5.86. The smallest absolute Gasteiger partial charge is 0.115 e. The van der Waals surface area contributed by atoms with Gasteiger partial charge in [0.1, 0.15) is 22.1 Å². The van der Waals surface area contributed by atoms with Crippen LogP contribution in [0.1, 0.15) is 0 Å². The number of hydrogen-bond acceptors (Lipinski definition) is 8. The zero-order chi connectivity index (χ0) is 46.3. The van der Waals surface area contributed by atoms with E-state index >= 15 is 0 Å². The maximum atomic E-state index is 5.07. The zero-order valence-electron chi connectivity index (χ0n) is 37.4. The average Bonchev–Trinajstić information content (AvgIpc) is 4.24. The second kappa shape index (κ2) is 14.7. The summed E-state index contributed by atoms with van der Waals surface area (Å²) in [6, 6.07) is 56.8. The molecule has 16 aromatic rings. The SMILES string of the molecule is c1cc(-c2cccc3c2sc2ccc(-n4c5ccc(-c6cc(-n7c8cccnc8c8ncccc87)cc7c6sc6ccncc67)cc5c5ncccc54)cc23)cc(-n2c3cccnc3c3ncccc32)c1. The van der Waals surface area contributed by atoms with Gasteiger partial charge in [0.25, 0.3) is 0 Å². The van der Waals surface area contributed by atoms with E-state index < -0.39 is 0 Å². The summed E-state index contributed by atoms with van der Waals surface area (Å²) in [7, 11) is 0. The van der Waals surface area contributed by atoms with Gasteiger partial charge in [-0.05, 0) is 138 Å². The molecular weight excluding hydrogens is 911 g/mol. The third-order valence-electron chi connectivity index (χ3n) is 14.2. The Hall–Kier alpha value is -9.16. The van der Waals surface area contributed by atoms with Gasteiger partial charge in [-0.25, -0.2) is 0 Å². The predicted molar refractivity (Wildman–Crippen MR) is 293 cm³/mol. The number of benzene rings is 5. The first-order valence-corrected chi connectivity index (χ1v) is 25.0. The van der Waals surface area contributed by atoms with Gasteiger partial charge in [0.2, 0.25) is 0 Å². The van der Waals surface area contributed by atoms with Crippen LogP contribution in [0.4, 0.5) is 0 Å². The maximum absolute atomic E-state index is 5.07. The van der Waals surface area contributed by atoms with Crippen molar-refractivity contribution in [2.24, 2.45) is 0 Å². The Balaban J connectivity index is 0.856. The summed E-state index contributed by atoms with van der Waals surface area (Å²) < 4.78 is 11.9. The van der Waals surface area contributed by atoms with E-state index in [1.54, 1.807) is 0 Å². The highest BCUT2D eigenvalue weighted by Gasteiger charge is 2.22. The molecule has 71 heavy (non-hydrogen) atoms. The Morgan fingerprint density at radius 2 is 0.859 bits per heavy atom. The number of hydrogen-bond donors (Lipinski definition) is 0. The second-order valence-electron chi connectivity index (χ2n) is 18.0. The molecule has 0 aliphatic heterocycles. The lowest BCUT2D eigenvalue weighted by Crippen LogP contribution is -1.95. The molecule has 330 valence electrons. The predicted octanol–water partition coefficient (Wildman–Crippen LogP) is 15.4. The van der Waals surface area contributed by atoms with Gasteiger partial charge in [0.05, 0.1) is 38.6 Å². The van der Waals surface area contributed by atoms with Crippen LogP contribution in [0.2, 0.25) is 0 Å². The van der Waals surface area contributed by atoms with Gasteiger partial charge in [0.15, 0.2) is 0 Å². The van der Waals surface area contributed by atoms with E-state index in [-0.39, 0.29) is 0 Å². The topological polar surface area (TPSA) is 92.1 Å². The molecule has 5 aromatic carbocycles. The molecule has 0 amide bonds. The van der Waals surface area contributed by atoms with Crippen molar-refractivity contribution < 1.29 is 0 Å². The lowest BCUT2D eigenvalue weighted by Gasteiger charge is -2.13. The molecule has 0 unspecified atom stereocenters. The van der Waals surface area contributed by atoms with Crippen LogP contribution in [0, 0.1) is 0 Å². The molecule has 0 fully saturated rings. The Morgan fingerprint density at radius 1 is 0.310 bits per heavy atom. The molecule has 9 nitrogen and oxygen atoms in total. The van der Waals surface area contributed by atoms with E-state index in [0.717, 1.165) is 105 Å². The minimum absolute atomic E-state index is 0.883. The van der Waals surface area contributed by atoms with Gasteiger partial charge < -0.3 is 13.7 Å². The molecule has 16 rings (SSSR count). The minimum Gasteiger partial charge on any atom is -0.308 e. The van der Waals surface area contributed by atoms with Crippen molar-refractivity contribution in [3.63, 3.8) is 0 Å². The molecule has 0 bridgehead atoms. The van der Waals surface area contributed by atoms with E-state index in [1.165, 1.54) is 40.5 Å². The van der Waals surface area contributed by atoms with Crippen molar-refractivity contribution in [1.29, 1.82) is 0 Å². The summed E-state index contributed by atoms with van der Waals surface area (Å²) in [6.45, 7) is 0. The maximum Gasteiger partial charge on any atom is 0.115 e. The number of rotatable bonds is 5. The molecule has 11 heterocycles. The van der Waals surface area contributed by atoms with Crippen LogP contribution in [0.3, 0.4) is 0 Å². The molecule has 0 saturated carbocycles. The molecule has 0 aliphatic rings. The molecular formula is C60H33N9S2. The van der Waals surface area contributed by atoms with Gasteiger partial charge in [-0.3, -0.25) is 29.9 Å². The van der Waals surface area contributed by atoms with Crippen molar-refractivity contribution >= 4 is 129 Å². The monoisotopic (exact) mass is 943 g/mol. The first kappa shape index (κ1) is 38.8. The molecule has 0 atom stereocenters. The fourth-order valence-corrected chi connectivity index (χ4v) is 13.6. The standard InChI is InChI=1S/C60H33N9S2/c1-8-34(28-36(9-1)68-48-13-4-23-63-55(48)56-49(68)14-5-24-64-56)39-10-2-11-40-42-30-37(18-20-52(42)70-59(39)40)67-46-19-17-35(29-44(46)54-47(67)12-3-22-62-54)41-31-38(32-43-45-33-61-27-21-53(45)71-60(41)43)69-50-15-6-25-65-57(50)58-51(69)16-7-26-66-58/h1-33H. The third-order valence-corrected chi connectivity index (χ3v) is 16.6. The van der Waals surface area contributed by atoms with Crippen molar-refractivity contribution in [2.45, 2.75) is 0 Å². The summed E-state index contributed by atoms with van der Waals surface area (Å²) >= 11 is 3.66. The molecule has 0 aliphatic carbocycles. The Kier molecular flexibility index (Phi) is 8.01. The summed E-state index contributed by atoms with van der Waals surface area (Å²) in [6.07, 6.45) is 13.1. The lowest BCUT2D eigenvalue weighted by atomic mass is 10.00. The van der Waals surface area contributed by atoms with Crippen LogP contribution in [-0.2, 0) is 0 Å². The Labute approximate surface area is 410 Å². The van der Waals surface area contributed by atoms with E-state index in [4.69, 9.17) is 24.9 Å². The van der Waals surface area contributed by atoms with Crippen molar-refractivity contribution in [3.8, 4) is 39.3 Å². The van der Waals surface area contributed by atoms with Crippen LogP contribution in [-0.4, -0.2) is 43.6 Å². The third kappa shape index (κ3) is 5.55. The minimum atomic E-state index is 0.883. The molecule has 11 heteroatoms. The van der Waals surface area contributed by atoms with Gasteiger partial charge in [-0.15, -0.1) is 22.7 Å². The summed E-state index contributed by atoms with van der Waals surface area (Å²) in [5.41, 5.74) is 18.6. The Morgan fingerprint density at radius 3 is 1.55 bits per heavy atom. The number of fused-ring (bicyclic) bond motifs is 15. The highest BCUT2D eigenvalue weighted by molar-refractivity contribution is 7.26. The Bertz CT molecular complexity index is 4810. The number of thiophene rings is 2. The summed E-state index contributed by atoms with van der Waals surface area (Å²) in [5.74, 6) is 0. The molecule has 11 aromatic heterocycles. The summed E-state index contributed by atoms with van der Waals surface area (Å²) in [4.78, 5) is 28.7. The molecule has 0 spiro atoms. The van der Waals surface area contributed by atoms with Crippen molar-refractivity contribution in [1.82, 2.24) is 43.6 Å². The van der Waals surface area contributed by atoms with Gasteiger partial charge in [0, 0.05) is 112 Å². The highest BCUT2D eigenvalue weighted by atomic mass is 32.1. The van der Waals surface area contributed by atoms with Crippen molar-refractivity contribution in [3.05, 3.63) is 201 Å². The first-order valence-electron chi connectivity index (χ1n) is 23.4. The van der Waals surface area contributed by atoms with Crippen LogP contribution in [0.15, 0.2) is 201 Å². The molecule has 0 saturated heterocycles. The number of pyridine rings is 6. The number of aromatic nitrogens is 9. The first-order chi connectivity index (χ1) is 35.2. The van der Waals surface area contributed by atoms with Crippen LogP contribution in [0.5, 0.6) is 0 Å². The highest BCUT2D eigenvalue weighted by Crippen LogP contribution is 2.46. The number of nitrogens with zero attached hydrogens (tertiary/aromatic N) is 9. The van der Waals surface area contributed by atoms with Crippen LogP contribution in [0.25, 0.3) is 146 Å². The normalized spacial score (nSPS) is 12.2. The van der Waals surface area contributed by atoms with Gasteiger partial charge in [-0.1, -0.05) is 36.4 Å². The van der Waals surface area contributed by atoms with E-state index in [0.29, 0.717) is 0 Å². The fourth-order valence-electron chi connectivity index (χ4n) is 11.2.